The van der Waals surface area contributed by atoms with Crippen molar-refractivity contribution in [2.24, 2.45) is 0 Å². The van der Waals surface area contributed by atoms with E-state index in [9.17, 15) is 5.11 Å². The van der Waals surface area contributed by atoms with Crippen molar-refractivity contribution in [1.29, 1.82) is 0 Å². The summed E-state index contributed by atoms with van der Waals surface area (Å²) in [5.74, 6) is 0.767. The minimum absolute atomic E-state index is 0.293. The molecule has 0 aliphatic rings. The van der Waals surface area contributed by atoms with E-state index in [-0.39, 0.29) is 0 Å². The minimum atomic E-state index is -0.515. The van der Waals surface area contributed by atoms with Crippen LogP contribution in [-0.2, 0) is 17.9 Å². The first-order chi connectivity index (χ1) is 9.24. The van der Waals surface area contributed by atoms with Crippen molar-refractivity contribution in [3.63, 3.8) is 0 Å². The zero-order chi connectivity index (χ0) is 13.5. The molecule has 2 aromatic rings. The molecule has 1 atom stereocenters. The largest absolute Gasteiger partial charge is 0.467 e. The number of thiophene rings is 1. The molecule has 0 aromatic carbocycles. The fourth-order valence-electron chi connectivity index (χ4n) is 1.56. The van der Waals surface area contributed by atoms with Crippen LogP contribution in [-0.4, -0.2) is 24.4 Å². The van der Waals surface area contributed by atoms with Crippen LogP contribution in [0.25, 0.3) is 0 Å². The molecule has 0 saturated heterocycles. The number of hydrogen-bond acceptors (Lipinski definition) is 5. The van der Waals surface area contributed by atoms with Gasteiger partial charge in [-0.05, 0) is 34.1 Å². The molecule has 0 fully saturated rings. The van der Waals surface area contributed by atoms with Gasteiger partial charge in [0.2, 0.25) is 0 Å². The van der Waals surface area contributed by atoms with Crippen LogP contribution in [0, 0.1) is 0 Å². The Balaban J connectivity index is 1.55. The molecule has 6 heteroatoms. The lowest BCUT2D eigenvalue weighted by atomic mass is 10.3. The molecule has 104 valence electrons. The average molecular weight is 346 g/mol. The zero-order valence-electron chi connectivity index (χ0n) is 10.3. The Morgan fingerprint density at radius 1 is 1.53 bits per heavy atom. The second kappa shape index (κ2) is 7.81. The molecule has 0 saturated carbocycles. The Morgan fingerprint density at radius 3 is 3.11 bits per heavy atom. The number of halogens is 1. The number of furan rings is 1. The van der Waals surface area contributed by atoms with E-state index in [2.05, 4.69) is 27.3 Å². The quantitative estimate of drug-likeness (QED) is 0.772. The molecule has 0 bridgehead atoms. The van der Waals surface area contributed by atoms with Crippen LogP contribution in [0.2, 0.25) is 0 Å². The molecule has 0 spiro atoms. The van der Waals surface area contributed by atoms with Crippen molar-refractivity contribution >= 4 is 27.3 Å². The van der Waals surface area contributed by atoms with Crippen molar-refractivity contribution in [3.8, 4) is 0 Å². The Hall–Kier alpha value is -0.660. The SMILES string of the molecule is OC(CNCc1cc(Br)cs1)COCc1ccco1. The van der Waals surface area contributed by atoms with E-state index in [4.69, 9.17) is 9.15 Å². The summed E-state index contributed by atoms with van der Waals surface area (Å²) in [7, 11) is 0. The number of aliphatic hydroxyl groups is 1. The Labute approximate surface area is 124 Å². The average Bonchev–Trinajstić information content (AvgIpc) is 3.01. The number of ether oxygens (including phenoxy) is 1. The highest BCUT2D eigenvalue weighted by molar-refractivity contribution is 9.10. The van der Waals surface area contributed by atoms with Gasteiger partial charge >= 0.3 is 0 Å². The van der Waals surface area contributed by atoms with Crippen LogP contribution in [0.5, 0.6) is 0 Å². The Kier molecular flexibility index (Phi) is 6.06. The number of rotatable bonds is 8. The highest BCUT2D eigenvalue weighted by Gasteiger charge is 2.05. The van der Waals surface area contributed by atoms with Gasteiger partial charge in [-0.3, -0.25) is 0 Å². The molecule has 1 unspecified atom stereocenters. The standard InChI is InChI=1S/C13H16BrNO3S/c14-10-4-13(19-9-10)6-15-5-11(16)7-17-8-12-2-1-3-18-12/h1-4,9,11,15-16H,5-8H2. The first kappa shape index (κ1) is 14.7. The number of aliphatic hydroxyl groups excluding tert-OH is 1. The molecule has 2 rings (SSSR count). The molecule has 2 N–H and O–H groups in total. The molecule has 2 heterocycles. The van der Waals surface area contributed by atoms with Gasteiger partial charge in [-0.15, -0.1) is 11.3 Å². The van der Waals surface area contributed by atoms with Gasteiger partial charge < -0.3 is 19.6 Å². The van der Waals surface area contributed by atoms with Crippen LogP contribution < -0.4 is 5.32 Å². The monoisotopic (exact) mass is 345 g/mol. The van der Waals surface area contributed by atoms with Crippen LogP contribution in [0.3, 0.4) is 0 Å². The summed E-state index contributed by atoms with van der Waals surface area (Å²) in [6.45, 7) is 1.95. The van der Waals surface area contributed by atoms with Crippen LogP contribution >= 0.6 is 27.3 Å². The van der Waals surface area contributed by atoms with Crippen molar-refractivity contribution in [1.82, 2.24) is 5.32 Å². The van der Waals surface area contributed by atoms with E-state index < -0.39 is 6.10 Å². The third-order valence-corrected chi connectivity index (χ3v) is 4.13. The van der Waals surface area contributed by atoms with E-state index in [1.165, 1.54) is 4.88 Å². The van der Waals surface area contributed by atoms with Crippen molar-refractivity contribution in [2.45, 2.75) is 19.3 Å². The fourth-order valence-corrected chi connectivity index (χ4v) is 2.98. The van der Waals surface area contributed by atoms with E-state index in [1.807, 2.05) is 17.5 Å². The molecule has 19 heavy (non-hydrogen) atoms. The zero-order valence-corrected chi connectivity index (χ0v) is 12.7. The third kappa shape index (κ3) is 5.46. The topological polar surface area (TPSA) is 54.6 Å². The predicted octanol–water partition coefficient (Wildman–Crippen LogP) is 2.77. The lowest BCUT2D eigenvalue weighted by Gasteiger charge is -2.11. The van der Waals surface area contributed by atoms with E-state index >= 15 is 0 Å². The molecule has 0 aliphatic heterocycles. The van der Waals surface area contributed by atoms with Gasteiger partial charge in [0.25, 0.3) is 0 Å². The molecular formula is C13H16BrNO3S. The normalized spacial score (nSPS) is 12.7. The second-order valence-corrected chi connectivity index (χ2v) is 6.02. The molecule has 0 aliphatic carbocycles. The summed E-state index contributed by atoms with van der Waals surface area (Å²) in [5.41, 5.74) is 0. The van der Waals surface area contributed by atoms with Crippen LogP contribution in [0.15, 0.2) is 38.7 Å². The van der Waals surface area contributed by atoms with E-state index in [0.717, 1.165) is 16.8 Å². The minimum Gasteiger partial charge on any atom is -0.467 e. The lowest BCUT2D eigenvalue weighted by molar-refractivity contribution is 0.0226. The van der Waals surface area contributed by atoms with Crippen LogP contribution in [0.1, 0.15) is 10.6 Å². The van der Waals surface area contributed by atoms with Gasteiger partial charge in [0.1, 0.15) is 12.4 Å². The predicted molar refractivity (Wildman–Crippen MR) is 78.1 cm³/mol. The maximum atomic E-state index is 9.74. The highest BCUT2D eigenvalue weighted by atomic mass is 79.9. The maximum Gasteiger partial charge on any atom is 0.129 e. The molecule has 0 amide bonds. The fraction of sp³-hybridized carbons (Fsp3) is 0.385. The first-order valence-corrected chi connectivity index (χ1v) is 7.63. The second-order valence-electron chi connectivity index (χ2n) is 4.11. The highest BCUT2D eigenvalue weighted by Crippen LogP contribution is 2.19. The summed E-state index contributed by atoms with van der Waals surface area (Å²) in [6, 6.07) is 5.73. The van der Waals surface area contributed by atoms with E-state index in [1.54, 1.807) is 17.6 Å². The molecule has 0 radical (unpaired) electrons. The summed E-state index contributed by atoms with van der Waals surface area (Å²) in [6.07, 6.45) is 1.09. The number of hydrogen-bond donors (Lipinski definition) is 2. The summed E-state index contributed by atoms with van der Waals surface area (Å²) in [4.78, 5) is 1.23. The Bertz CT molecular complexity index is 472. The van der Waals surface area contributed by atoms with Gasteiger partial charge in [-0.2, -0.15) is 0 Å². The summed E-state index contributed by atoms with van der Waals surface area (Å²) >= 11 is 5.09. The van der Waals surface area contributed by atoms with Crippen molar-refractivity contribution in [2.75, 3.05) is 13.2 Å². The lowest BCUT2D eigenvalue weighted by Crippen LogP contribution is -2.29. The van der Waals surface area contributed by atoms with E-state index in [0.29, 0.717) is 19.8 Å². The summed E-state index contributed by atoms with van der Waals surface area (Å²) in [5, 5.41) is 15.0. The van der Waals surface area contributed by atoms with Gasteiger partial charge in [0.15, 0.2) is 0 Å². The van der Waals surface area contributed by atoms with Gasteiger partial charge in [-0.1, -0.05) is 0 Å². The van der Waals surface area contributed by atoms with Crippen LogP contribution in [0.4, 0.5) is 0 Å². The molecule has 2 aromatic heterocycles. The smallest absolute Gasteiger partial charge is 0.129 e. The molecule has 4 nitrogen and oxygen atoms in total. The Morgan fingerprint density at radius 2 is 2.42 bits per heavy atom. The number of nitrogens with one attached hydrogen (secondary N) is 1. The van der Waals surface area contributed by atoms with Gasteiger partial charge in [0.05, 0.1) is 19.0 Å². The molecular weight excluding hydrogens is 330 g/mol. The van der Waals surface area contributed by atoms with Crippen molar-refractivity contribution < 1.29 is 14.3 Å². The van der Waals surface area contributed by atoms with Crippen molar-refractivity contribution in [3.05, 3.63) is 45.0 Å². The maximum absolute atomic E-state index is 9.74. The van der Waals surface area contributed by atoms with Gasteiger partial charge in [-0.25, -0.2) is 0 Å². The van der Waals surface area contributed by atoms with Gasteiger partial charge in [0, 0.05) is 27.8 Å². The third-order valence-electron chi connectivity index (χ3n) is 2.44. The summed E-state index contributed by atoms with van der Waals surface area (Å²) < 4.78 is 11.6. The first-order valence-electron chi connectivity index (χ1n) is 5.96.